The van der Waals surface area contributed by atoms with Crippen molar-refractivity contribution in [3.05, 3.63) is 29.8 Å². The second kappa shape index (κ2) is 3.90. The number of halogens is 3. The van der Waals surface area contributed by atoms with Crippen molar-refractivity contribution in [1.82, 2.24) is 4.48 Å². The summed E-state index contributed by atoms with van der Waals surface area (Å²) in [6.45, 7) is 0. The standard InChI is InChI=1S/C10H13Cl3N/c1-14(2,3)9-6-4-8(5-7-9)10(11,12)13/h4-7H,1-3H3/q+1. The van der Waals surface area contributed by atoms with Gasteiger partial charge in [-0.15, -0.1) is 0 Å². The van der Waals surface area contributed by atoms with E-state index in [1.807, 2.05) is 24.3 Å². The molecular formula is C10H13Cl3N+. The zero-order valence-corrected chi connectivity index (χ0v) is 10.7. The molecule has 1 nitrogen and oxygen atoms in total. The van der Waals surface area contributed by atoms with Crippen LogP contribution in [0.2, 0.25) is 0 Å². The summed E-state index contributed by atoms with van der Waals surface area (Å²) < 4.78 is -0.580. The Kier molecular flexibility index (Phi) is 3.37. The molecule has 0 bridgehead atoms. The predicted molar refractivity (Wildman–Crippen MR) is 65.2 cm³/mol. The summed E-state index contributed by atoms with van der Waals surface area (Å²) in [6.07, 6.45) is 0. The molecule has 0 amide bonds. The third kappa shape index (κ3) is 3.03. The summed E-state index contributed by atoms with van der Waals surface area (Å²) in [7, 11) is 6.26. The van der Waals surface area contributed by atoms with E-state index in [9.17, 15) is 0 Å². The molecule has 0 saturated heterocycles. The Balaban J connectivity index is 3.02. The Labute approximate surface area is 99.8 Å². The van der Waals surface area contributed by atoms with Gasteiger partial charge < -0.3 is 0 Å². The number of nitrogens with zero attached hydrogens (tertiary/aromatic N) is 1. The van der Waals surface area contributed by atoms with Crippen molar-refractivity contribution in [2.24, 2.45) is 0 Å². The molecule has 0 heterocycles. The molecular weight excluding hydrogens is 240 g/mol. The van der Waals surface area contributed by atoms with Gasteiger partial charge in [0, 0.05) is 5.56 Å². The molecule has 0 saturated carbocycles. The molecule has 0 aliphatic carbocycles. The van der Waals surface area contributed by atoms with Crippen LogP contribution in [-0.4, -0.2) is 21.1 Å². The summed E-state index contributed by atoms with van der Waals surface area (Å²) >= 11 is 17.3. The minimum Gasteiger partial charge on any atom is -0.298 e. The molecule has 1 aromatic rings. The minimum absolute atomic E-state index is 0.694. The molecule has 1 rings (SSSR count). The SMILES string of the molecule is C[N+](C)(C)c1ccc(C(Cl)(Cl)Cl)cc1. The van der Waals surface area contributed by atoms with Crippen LogP contribution >= 0.6 is 34.8 Å². The first kappa shape index (κ1) is 12.1. The smallest absolute Gasteiger partial charge is 0.216 e. The molecule has 0 aliphatic rings. The minimum atomic E-state index is -1.33. The fourth-order valence-electron chi connectivity index (χ4n) is 1.10. The first-order valence-electron chi connectivity index (χ1n) is 4.20. The van der Waals surface area contributed by atoms with Crippen molar-refractivity contribution in [2.75, 3.05) is 21.1 Å². The van der Waals surface area contributed by atoms with Gasteiger partial charge >= 0.3 is 0 Å². The van der Waals surface area contributed by atoms with E-state index >= 15 is 0 Å². The van der Waals surface area contributed by atoms with Crippen molar-refractivity contribution in [3.8, 4) is 0 Å². The number of alkyl halides is 3. The van der Waals surface area contributed by atoms with E-state index in [4.69, 9.17) is 34.8 Å². The van der Waals surface area contributed by atoms with Gasteiger partial charge in [-0.1, -0.05) is 34.8 Å². The highest BCUT2D eigenvalue weighted by Gasteiger charge is 2.23. The second-order valence-electron chi connectivity index (χ2n) is 4.06. The van der Waals surface area contributed by atoms with E-state index < -0.39 is 3.79 Å². The maximum absolute atomic E-state index is 5.75. The average Bonchev–Trinajstić information content (AvgIpc) is 2.01. The van der Waals surface area contributed by atoms with Gasteiger partial charge in [-0.25, -0.2) is 0 Å². The third-order valence-electron chi connectivity index (χ3n) is 1.97. The third-order valence-corrected chi connectivity index (χ3v) is 2.62. The highest BCUT2D eigenvalue weighted by molar-refractivity contribution is 6.66. The summed E-state index contributed by atoms with van der Waals surface area (Å²) in [5.74, 6) is 0. The van der Waals surface area contributed by atoms with Crippen LogP contribution in [0.25, 0.3) is 0 Å². The number of rotatable bonds is 1. The lowest BCUT2D eigenvalue weighted by atomic mass is 10.2. The fraction of sp³-hybridized carbons (Fsp3) is 0.400. The van der Waals surface area contributed by atoms with E-state index in [0.29, 0.717) is 5.56 Å². The van der Waals surface area contributed by atoms with Gasteiger partial charge in [-0.05, 0) is 24.3 Å². The van der Waals surface area contributed by atoms with Gasteiger partial charge in [0.2, 0.25) is 3.79 Å². The van der Waals surface area contributed by atoms with Crippen molar-refractivity contribution in [2.45, 2.75) is 3.79 Å². The lowest BCUT2D eigenvalue weighted by molar-refractivity contribution is 0.486. The first-order valence-corrected chi connectivity index (χ1v) is 5.34. The Hall–Kier alpha value is 0.0500. The van der Waals surface area contributed by atoms with Crippen molar-refractivity contribution >= 4 is 40.5 Å². The van der Waals surface area contributed by atoms with Gasteiger partial charge in [0.05, 0.1) is 21.1 Å². The molecule has 0 aromatic heterocycles. The van der Waals surface area contributed by atoms with Gasteiger partial charge in [0.1, 0.15) is 5.69 Å². The Morgan fingerprint density at radius 3 is 1.64 bits per heavy atom. The quantitative estimate of drug-likeness (QED) is 0.529. The van der Waals surface area contributed by atoms with Crippen molar-refractivity contribution in [1.29, 1.82) is 0 Å². The van der Waals surface area contributed by atoms with Gasteiger partial charge in [0.25, 0.3) is 0 Å². The largest absolute Gasteiger partial charge is 0.298 e. The number of hydrogen-bond acceptors (Lipinski definition) is 0. The Morgan fingerprint density at radius 1 is 0.929 bits per heavy atom. The molecule has 0 N–H and O–H groups in total. The van der Waals surface area contributed by atoms with E-state index in [1.54, 1.807) is 0 Å². The molecule has 0 atom stereocenters. The van der Waals surface area contributed by atoms with Gasteiger partial charge in [-0.2, -0.15) is 0 Å². The van der Waals surface area contributed by atoms with Gasteiger partial charge in [0.15, 0.2) is 0 Å². The first-order chi connectivity index (χ1) is 6.21. The lowest BCUT2D eigenvalue weighted by Crippen LogP contribution is -2.34. The second-order valence-corrected chi connectivity index (χ2v) is 6.34. The highest BCUT2D eigenvalue weighted by atomic mass is 35.6. The normalized spacial score (nSPS) is 13.0. The molecule has 0 aliphatic heterocycles. The Bertz CT molecular complexity index is 273. The average molecular weight is 254 g/mol. The summed E-state index contributed by atoms with van der Waals surface area (Å²) in [6, 6.07) is 7.62. The molecule has 0 fully saturated rings. The zero-order valence-electron chi connectivity index (χ0n) is 8.39. The van der Waals surface area contributed by atoms with Crippen LogP contribution in [0.1, 0.15) is 5.56 Å². The molecule has 4 heteroatoms. The van der Waals surface area contributed by atoms with Crippen LogP contribution in [-0.2, 0) is 3.79 Å². The van der Waals surface area contributed by atoms with Crippen molar-refractivity contribution in [3.63, 3.8) is 0 Å². The topological polar surface area (TPSA) is 0 Å². The predicted octanol–water partition coefficient (Wildman–Crippen LogP) is 3.71. The van der Waals surface area contributed by atoms with Crippen LogP contribution in [0.15, 0.2) is 24.3 Å². The van der Waals surface area contributed by atoms with E-state index in [2.05, 4.69) is 21.1 Å². The van der Waals surface area contributed by atoms with E-state index in [0.717, 1.165) is 4.48 Å². The Morgan fingerprint density at radius 2 is 1.36 bits per heavy atom. The summed E-state index contributed by atoms with van der Waals surface area (Å²) in [4.78, 5) is 0. The molecule has 78 valence electrons. The highest BCUT2D eigenvalue weighted by Crippen LogP contribution is 2.38. The van der Waals surface area contributed by atoms with Crippen LogP contribution in [0, 0.1) is 0 Å². The van der Waals surface area contributed by atoms with E-state index in [-0.39, 0.29) is 0 Å². The molecule has 1 aromatic carbocycles. The van der Waals surface area contributed by atoms with Crippen LogP contribution in [0.4, 0.5) is 5.69 Å². The summed E-state index contributed by atoms with van der Waals surface area (Å²) in [5, 5.41) is 0. The number of quaternary nitrogens is 1. The van der Waals surface area contributed by atoms with Crippen molar-refractivity contribution < 1.29 is 0 Å². The maximum atomic E-state index is 5.75. The monoisotopic (exact) mass is 252 g/mol. The molecule has 0 radical (unpaired) electrons. The summed E-state index contributed by atoms with van der Waals surface area (Å²) in [5.41, 5.74) is 1.86. The lowest BCUT2D eigenvalue weighted by Gasteiger charge is -2.24. The fourth-order valence-corrected chi connectivity index (χ4v) is 1.48. The number of benzene rings is 1. The van der Waals surface area contributed by atoms with Crippen LogP contribution < -0.4 is 4.48 Å². The molecule has 0 spiro atoms. The maximum Gasteiger partial charge on any atom is 0.216 e. The van der Waals surface area contributed by atoms with Crippen LogP contribution in [0.5, 0.6) is 0 Å². The van der Waals surface area contributed by atoms with Gasteiger partial charge in [-0.3, -0.25) is 4.48 Å². The molecule has 14 heavy (non-hydrogen) atoms. The molecule has 0 unspecified atom stereocenters. The van der Waals surface area contributed by atoms with Crippen LogP contribution in [0.3, 0.4) is 0 Å². The number of hydrogen-bond donors (Lipinski definition) is 0. The van der Waals surface area contributed by atoms with E-state index in [1.165, 1.54) is 5.69 Å². The zero-order chi connectivity index (χ0) is 11.0.